The number of amides is 1. The summed E-state index contributed by atoms with van der Waals surface area (Å²) in [5.74, 6) is 0.347. The maximum absolute atomic E-state index is 13.5. The average molecular weight is 562 g/mol. The Bertz CT molecular complexity index is 1510. The Morgan fingerprint density at radius 1 is 1.19 bits per heavy atom. The zero-order valence-electron chi connectivity index (χ0n) is 19.8. The summed E-state index contributed by atoms with van der Waals surface area (Å²) in [4.78, 5) is 23.0. The molecule has 0 radical (unpaired) electrons. The standard InChI is InChI=1S/C24H24ClN5O5S2/c1-34-21-7-6-19-23(28-21)36-24(27-19)29-22(31)20(12-15-8-10-35-11-9-15)30-14-18(13-26-30)37(32,33)17-4-2-16(25)3-5-17/h2-7,13-15,20H,8-12H2,1H3,(H,27,29,31). The zero-order chi connectivity index (χ0) is 26.0. The van der Waals surface area contributed by atoms with Crippen molar-refractivity contribution in [2.45, 2.75) is 35.1 Å². The number of carbonyl (C=O) groups is 1. The van der Waals surface area contributed by atoms with Crippen LogP contribution in [0.1, 0.15) is 25.3 Å². The van der Waals surface area contributed by atoms with Crippen LogP contribution < -0.4 is 10.1 Å². The van der Waals surface area contributed by atoms with E-state index in [-0.39, 0.29) is 21.6 Å². The number of methoxy groups -OCH3 is 1. The average Bonchev–Trinajstić information content (AvgIpc) is 3.55. The Hall–Kier alpha value is -3.06. The third-order valence-corrected chi connectivity index (χ3v) is 9.06. The molecule has 1 amide bonds. The summed E-state index contributed by atoms with van der Waals surface area (Å²) in [6.45, 7) is 1.25. The second kappa shape index (κ2) is 10.7. The molecule has 0 spiro atoms. The molecule has 13 heteroatoms. The van der Waals surface area contributed by atoms with Crippen molar-refractivity contribution in [2.24, 2.45) is 5.92 Å². The number of benzene rings is 1. The molecule has 4 aromatic rings. The molecule has 1 unspecified atom stereocenters. The van der Waals surface area contributed by atoms with Gasteiger partial charge in [0.1, 0.15) is 21.3 Å². The number of anilines is 1. The van der Waals surface area contributed by atoms with E-state index in [0.717, 1.165) is 12.8 Å². The lowest BCUT2D eigenvalue weighted by molar-refractivity contribution is -0.120. The summed E-state index contributed by atoms with van der Waals surface area (Å²) >= 11 is 7.14. The smallest absolute Gasteiger partial charge is 0.251 e. The minimum atomic E-state index is -3.83. The molecule has 1 fully saturated rings. The molecule has 37 heavy (non-hydrogen) atoms. The number of halogens is 1. The van der Waals surface area contributed by atoms with Crippen molar-refractivity contribution in [2.75, 3.05) is 25.6 Å². The SMILES string of the molecule is COc1ccc2nc(NC(=O)C(CC3CCOCC3)n3cc(S(=O)(=O)c4ccc(Cl)cc4)cn3)sc2n1. The Morgan fingerprint density at radius 3 is 2.68 bits per heavy atom. The molecule has 4 heterocycles. The maximum Gasteiger partial charge on any atom is 0.251 e. The van der Waals surface area contributed by atoms with Crippen LogP contribution in [0.2, 0.25) is 5.02 Å². The summed E-state index contributed by atoms with van der Waals surface area (Å²) in [5, 5.41) is 7.99. The lowest BCUT2D eigenvalue weighted by atomic mass is 9.92. The fourth-order valence-corrected chi connectivity index (χ4v) is 6.33. The molecule has 0 bridgehead atoms. The molecule has 1 aliphatic heterocycles. The second-order valence-electron chi connectivity index (χ2n) is 8.61. The molecule has 1 atom stereocenters. The highest BCUT2D eigenvalue weighted by Crippen LogP contribution is 2.31. The molecular formula is C24H24ClN5O5S2. The van der Waals surface area contributed by atoms with Crippen LogP contribution in [0.15, 0.2) is 58.6 Å². The number of pyridine rings is 1. The fraction of sp³-hybridized carbons (Fsp3) is 0.333. The number of sulfone groups is 1. The first-order valence-electron chi connectivity index (χ1n) is 11.6. The Labute approximate surface area is 222 Å². The minimum Gasteiger partial charge on any atom is -0.481 e. The van der Waals surface area contributed by atoms with Gasteiger partial charge in [0.25, 0.3) is 5.91 Å². The summed E-state index contributed by atoms with van der Waals surface area (Å²) in [5.41, 5.74) is 0.637. The highest BCUT2D eigenvalue weighted by Gasteiger charge is 2.29. The molecular weight excluding hydrogens is 538 g/mol. The van der Waals surface area contributed by atoms with E-state index < -0.39 is 15.9 Å². The van der Waals surface area contributed by atoms with Crippen LogP contribution in [-0.4, -0.2) is 54.4 Å². The number of carbonyl (C=O) groups excluding carboxylic acids is 1. The van der Waals surface area contributed by atoms with Crippen LogP contribution in [0.25, 0.3) is 10.3 Å². The van der Waals surface area contributed by atoms with E-state index in [1.165, 1.54) is 59.8 Å². The highest BCUT2D eigenvalue weighted by molar-refractivity contribution is 7.91. The largest absolute Gasteiger partial charge is 0.481 e. The minimum absolute atomic E-state index is 0.00381. The molecule has 194 valence electrons. The molecule has 10 nitrogen and oxygen atoms in total. The van der Waals surface area contributed by atoms with Gasteiger partial charge in [0.05, 0.1) is 18.2 Å². The summed E-state index contributed by atoms with van der Waals surface area (Å²) in [6, 6.07) is 8.65. The molecule has 1 aliphatic rings. The number of hydrogen-bond acceptors (Lipinski definition) is 9. The van der Waals surface area contributed by atoms with Crippen LogP contribution in [0.3, 0.4) is 0 Å². The lowest BCUT2D eigenvalue weighted by Crippen LogP contribution is -2.30. The van der Waals surface area contributed by atoms with E-state index in [2.05, 4.69) is 20.4 Å². The molecule has 1 saturated heterocycles. The van der Waals surface area contributed by atoms with Gasteiger partial charge in [-0.25, -0.2) is 18.4 Å². The predicted molar refractivity (Wildman–Crippen MR) is 139 cm³/mol. The van der Waals surface area contributed by atoms with Crippen molar-refractivity contribution in [3.8, 4) is 5.88 Å². The van der Waals surface area contributed by atoms with Gasteiger partial charge in [-0.15, -0.1) is 0 Å². The topological polar surface area (TPSA) is 125 Å². The van der Waals surface area contributed by atoms with Gasteiger partial charge in [0, 0.05) is 30.5 Å². The number of hydrogen-bond donors (Lipinski definition) is 1. The van der Waals surface area contributed by atoms with Gasteiger partial charge < -0.3 is 14.8 Å². The summed E-state index contributed by atoms with van der Waals surface area (Å²) < 4.78 is 38.3. The van der Waals surface area contributed by atoms with Crippen molar-refractivity contribution in [1.29, 1.82) is 0 Å². The van der Waals surface area contributed by atoms with E-state index in [1.807, 2.05) is 0 Å². The third-order valence-electron chi connectivity index (χ3n) is 6.20. The van der Waals surface area contributed by atoms with E-state index in [0.29, 0.717) is 46.0 Å². The van der Waals surface area contributed by atoms with Gasteiger partial charge in [-0.3, -0.25) is 9.48 Å². The first-order chi connectivity index (χ1) is 17.8. The third kappa shape index (κ3) is 5.61. The zero-order valence-corrected chi connectivity index (χ0v) is 22.2. The van der Waals surface area contributed by atoms with Gasteiger partial charge in [-0.05, 0) is 55.5 Å². The van der Waals surface area contributed by atoms with Crippen LogP contribution in [0.5, 0.6) is 5.88 Å². The number of fused-ring (bicyclic) bond motifs is 1. The quantitative estimate of drug-likeness (QED) is 0.336. The van der Waals surface area contributed by atoms with Gasteiger partial charge >= 0.3 is 0 Å². The van der Waals surface area contributed by atoms with E-state index in [1.54, 1.807) is 12.1 Å². The van der Waals surface area contributed by atoms with Crippen molar-refractivity contribution in [1.82, 2.24) is 19.7 Å². The van der Waals surface area contributed by atoms with Crippen LogP contribution in [0.4, 0.5) is 5.13 Å². The van der Waals surface area contributed by atoms with Gasteiger partial charge in [0.2, 0.25) is 15.7 Å². The van der Waals surface area contributed by atoms with E-state index >= 15 is 0 Å². The Balaban J connectivity index is 1.42. The molecule has 3 aromatic heterocycles. The van der Waals surface area contributed by atoms with E-state index in [4.69, 9.17) is 21.1 Å². The summed E-state index contributed by atoms with van der Waals surface area (Å²) in [7, 11) is -2.30. The number of rotatable bonds is 8. The van der Waals surface area contributed by atoms with Crippen molar-refractivity contribution < 1.29 is 22.7 Å². The van der Waals surface area contributed by atoms with Crippen molar-refractivity contribution in [3.05, 3.63) is 53.8 Å². The maximum atomic E-state index is 13.5. The molecule has 1 N–H and O–H groups in total. The van der Waals surface area contributed by atoms with Crippen molar-refractivity contribution >= 4 is 54.2 Å². The second-order valence-corrected chi connectivity index (χ2v) is 12.0. The van der Waals surface area contributed by atoms with Gasteiger partial charge in [-0.1, -0.05) is 22.9 Å². The Morgan fingerprint density at radius 2 is 1.95 bits per heavy atom. The number of aromatic nitrogens is 4. The lowest BCUT2D eigenvalue weighted by Gasteiger charge is -2.26. The number of ether oxygens (including phenoxy) is 2. The number of thiazole rings is 1. The number of nitrogens with one attached hydrogen (secondary N) is 1. The fourth-order valence-electron chi connectivity index (χ4n) is 4.17. The van der Waals surface area contributed by atoms with Crippen LogP contribution in [0, 0.1) is 5.92 Å². The monoisotopic (exact) mass is 561 g/mol. The molecule has 0 saturated carbocycles. The first kappa shape index (κ1) is 25.6. The molecule has 1 aromatic carbocycles. The highest BCUT2D eigenvalue weighted by atomic mass is 35.5. The Kier molecular flexibility index (Phi) is 7.43. The van der Waals surface area contributed by atoms with Crippen LogP contribution >= 0.6 is 22.9 Å². The predicted octanol–water partition coefficient (Wildman–Crippen LogP) is 4.38. The molecule has 5 rings (SSSR count). The van der Waals surface area contributed by atoms with E-state index in [9.17, 15) is 13.2 Å². The van der Waals surface area contributed by atoms with Gasteiger partial charge in [0.15, 0.2) is 5.13 Å². The van der Waals surface area contributed by atoms with Gasteiger partial charge in [-0.2, -0.15) is 5.10 Å². The number of nitrogens with zero attached hydrogens (tertiary/aromatic N) is 4. The first-order valence-corrected chi connectivity index (χ1v) is 14.3. The molecule has 0 aliphatic carbocycles. The van der Waals surface area contributed by atoms with Crippen LogP contribution in [-0.2, 0) is 19.4 Å². The normalized spacial score (nSPS) is 15.5. The summed E-state index contributed by atoms with van der Waals surface area (Å²) in [6.07, 6.45) is 4.77. The van der Waals surface area contributed by atoms with Crippen molar-refractivity contribution in [3.63, 3.8) is 0 Å².